The number of aryl methyl sites for hydroxylation is 1. The fraction of sp³-hybridized carbons (Fsp3) is 0.240. The fourth-order valence-corrected chi connectivity index (χ4v) is 4.12. The quantitative estimate of drug-likeness (QED) is 0.392. The highest BCUT2D eigenvalue weighted by atomic mass is 35.5. The number of alkyl halides is 3. The number of nitrogens with zero attached hydrogens (tertiary/aromatic N) is 1. The lowest BCUT2D eigenvalue weighted by atomic mass is 9.94. The summed E-state index contributed by atoms with van der Waals surface area (Å²) in [5.74, 6) is -0.876. The SMILES string of the molecule is Cc1ccc(C2=NOC(c3cc(Cl)cc(Cl)c3)C2)c2ccccc12.O=CNCC(=O)NCC(F)(F)F. The molecule has 0 aliphatic carbocycles. The van der Waals surface area contributed by atoms with E-state index in [-0.39, 0.29) is 12.5 Å². The normalized spacial score (nSPS) is 14.8. The Hall–Kier alpha value is -3.30. The summed E-state index contributed by atoms with van der Waals surface area (Å²) in [7, 11) is 0. The number of halogens is 5. The molecule has 1 aliphatic heterocycles. The zero-order valence-corrected chi connectivity index (χ0v) is 20.5. The van der Waals surface area contributed by atoms with Crippen LogP contribution in [0.25, 0.3) is 10.8 Å². The molecule has 2 N–H and O–H groups in total. The molecule has 0 aromatic heterocycles. The molecule has 0 saturated carbocycles. The number of amides is 2. The Morgan fingerprint density at radius 1 is 1.11 bits per heavy atom. The van der Waals surface area contributed by atoms with Gasteiger partial charge in [-0.3, -0.25) is 9.59 Å². The molecule has 0 spiro atoms. The average molecular weight is 540 g/mol. The van der Waals surface area contributed by atoms with Crippen molar-refractivity contribution < 1.29 is 27.6 Å². The Morgan fingerprint density at radius 3 is 2.42 bits per heavy atom. The zero-order valence-electron chi connectivity index (χ0n) is 19.0. The third-order valence-corrected chi connectivity index (χ3v) is 5.65. The molecule has 3 aromatic rings. The van der Waals surface area contributed by atoms with Crippen molar-refractivity contribution in [1.29, 1.82) is 0 Å². The molecule has 0 radical (unpaired) electrons. The third-order valence-electron chi connectivity index (χ3n) is 5.21. The van der Waals surface area contributed by atoms with Gasteiger partial charge in [0, 0.05) is 22.0 Å². The Morgan fingerprint density at radius 2 is 1.78 bits per heavy atom. The van der Waals surface area contributed by atoms with E-state index in [0.29, 0.717) is 16.5 Å². The lowest BCUT2D eigenvalue weighted by molar-refractivity contribution is -0.138. The van der Waals surface area contributed by atoms with Crippen molar-refractivity contribution >= 4 is 52.0 Å². The van der Waals surface area contributed by atoms with Crippen molar-refractivity contribution in [2.45, 2.75) is 25.6 Å². The van der Waals surface area contributed by atoms with E-state index >= 15 is 0 Å². The van der Waals surface area contributed by atoms with Crippen LogP contribution >= 0.6 is 23.2 Å². The number of oxime groups is 1. The van der Waals surface area contributed by atoms with Gasteiger partial charge in [-0.05, 0) is 47.0 Å². The number of rotatable bonds is 6. The van der Waals surface area contributed by atoms with Crippen molar-refractivity contribution in [1.82, 2.24) is 10.6 Å². The third kappa shape index (κ3) is 7.60. The first-order chi connectivity index (χ1) is 17.1. The van der Waals surface area contributed by atoms with Gasteiger partial charge in [-0.25, -0.2) is 0 Å². The second-order valence-corrected chi connectivity index (χ2v) is 8.78. The number of hydrogen-bond donors (Lipinski definition) is 2. The van der Waals surface area contributed by atoms with Crippen molar-refractivity contribution in [3.8, 4) is 0 Å². The standard InChI is InChI=1S/C20H15Cl2NO.C5H7F3N2O2/c1-12-6-7-18(17-5-3-2-4-16(12)17)19-11-20(24-23-19)13-8-14(21)10-15(22)9-13;6-5(7,8)2-10-4(12)1-9-3-11/h2-10,20H,11H2,1H3;3H,1-2H2,(H,9,11)(H,10,12). The molecule has 1 heterocycles. The maximum absolute atomic E-state index is 11.4. The maximum Gasteiger partial charge on any atom is 0.405 e. The van der Waals surface area contributed by atoms with Crippen LogP contribution in [0.15, 0.2) is 59.8 Å². The summed E-state index contributed by atoms with van der Waals surface area (Å²) in [4.78, 5) is 25.7. The molecule has 1 aliphatic rings. The minimum Gasteiger partial charge on any atom is -0.387 e. The summed E-state index contributed by atoms with van der Waals surface area (Å²) in [5, 5.41) is 11.5. The number of benzene rings is 3. The summed E-state index contributed by atoms with van der Waals surface area (Å²) in [6.07, 6.45) is -3.65. The zero-order chi connectivity index (χ0) is 26.3. The number of fused-ring (bicyclic) bond motifs is 1. The van der Waals surface area contributed by atoms with Crippen molar-refractivity contribution in [3.63, 3.8) is 0 Å². The molecule has 2 amide bonds. The number of carbonyl (C=O) groups excluding carboxylic acids is 2. The lowest BCUT2D eigenvalue weighted by Gasteiger charge is -2.10. The van der Waals surface area contributed by atoms with Crippen molar-refractivity contribution in [2.75, 3.05) is 13.1 Å². The van der Waals surface area contributed by atoms with Gasteiger partial charge < -0.3 is 15.5 Å². The van der Waals surface area contributed by atoms with E-state index in [9.17, 15) is 22.8 Å². The van der Waals surface area contributed by atoms with E-state index in [1.165, 1.54) is 16.3 Å². The van der Waals surface area contributed by atoms with Crippen LogP contribution in [-0.4, -0.2) is 37.3 Å². The number of carbonyl (C=O) groups is 2. The van der Waals surface area contributed by atoms with Gasteiger partial charge >= 0.3 is 6.18 Å². The molecule has 1 unspecified atom stereocenters. The largest absolute Gasteiger partial charge is 0.405 e. The topological polar surface area (TPSA) is 79.8 Å². The van der Waals surface area contributed by atoms with E-state index in [4.69, 9.17) is 28.0 Å². The van der Waals surface area contributed by atoms with Crippen LogP contribution in [-0.2, 0) is 14.4 Å². The molecule has 1 atom stereocenters. The summed E-state index contributed by atoms with van der Waals surface area (Å²) in [5.41, 5.74) is 4.27. The van der Waals surface area contributed by atoms with Crippen LogP contribution in [0.2, 0.25) is 10.0 Å². The molecule has 6 nitrogen and oxygen atoms in total. The summed E-state index contributed by atoms with van der Waals surface area (Å²) in [6.45, 7) is 0.293. The Bertz CT molecular complexity index is 1260. The van der Waals surface area contributed by atoms with Gasteiger partial charge in [-0.1, -0.05) is 64.8 Å². The summed E-state index contributed by atoms with van der Waals surface area (Å²) < 4.78 is 34.3. The highest BCUT2D eigenvalue weighted by Crippen LogP contribution is 2.34. The van der Waals surface area contributed by atoms with Crippen molar-refractivity contribution in [3.05, 3.63) is 81.3 Å². The second-order valence-electron chi connectivity index (χ2n) is 7.91. The van der Waals surface area contributed by atoms with Gasteiger partial charge in [-0.2, -0.15) is 13.2 Å². The molecule has 11 heteroatoms. The fourth-order valence-electron chi connectivity index (χ4n) is 3.57. The van der Waals surface area contributed by atoms with Crippen LogP contribution in [0, 0.1) is 6.92 Å². The van der Waals surface area contributed by atoms with E-state index in [2.05, 4.69) is 48.5 Å². The molecular weight excluding hydrogens is 518 g/mol. The predicted molar refractivity (Wildman–Crippen MR) is 133 cm³/mol. The van der Waals surface area contributed by atoms with E-state index in [0.717, 1.165) is 16.8 Å². The molecule has 4 rings (SSSR count). The van der Waals surface area contributed by atoms with Crippen LogP contribution in [0.4, 0.5) is 13.2 Å². The van der Waals surface area contributed by atoms with Crippen LogP contribution in [0.3, 0.4) is 0 Å². The minimum atomic E-state index is -4.42. The van der Waals surface area contributed by atoms with Gasteiger partial charge in [0.15, 0.2) is 6.10 Å². The lowest BCUT2D eigenvalue weighted by Crippen LogP contribution is -2.38. The van der Waals surface area contributed by atoms with Gasteiger partial charge in [0.2, 0.25) is 12.3 Å². The molecule has 0 bridgehead atoms. The Labute approximate surface area is 215 Å². The Kier molecular flexibility index (Phi) is 9.17. The van der Waals surface area contributed by atoms with Gasteiger partial charge in [0.1, 0.15) is 6.54 Å². The summed E-state index contributed by atoms with van der Waals surface area (Å²) >= 11 is 12.2. The van der Waals surface area contributed by atoms with Gasteiger partial charge in [0.05, 0.1) is 12.3 Å². The first-order valence-corrected chi connectivity index (χ1v) is 11.5. The first kappa shape index (κ1) is 27.3. The van der Waals surface area contributed by atoms with Crippen LogP contribution in [0.1, 0.15) is 29.2 Å². The molecule has 190 valence electrons. The molecular formula is C25H22Cl2F3N3O3. The summed E-state index contributed by atoms with van der Waals surface area (Å²) in [6, 6.07) is 18.1. The first-order valence-electron chi connectivity index (χ1n) is 10.8. The Balaban J connectivity index is 0.000000257. The predicted octanol–water partition coefficient (Wildman–Crippen LogP) is 5.73. The van der Waals surface area contributed by atoms with Gasteiger partial charge in [0.25, 0.3) is 0 Å². The minimum absolute atomic E-state index is 0.156. The van der Waals surface area contributed by atoms with E-state index < -0.39 is 25.2 Å². The molecule has 3 aromatic carbocycles. The van der Waals surface area contributed by atoms with Gasteiger partial charge in [-0.15, -0.1) is 0 Å². The van der Waals surface area contributed by atoms with E-state index in [1.54, 1.807) is 11.4 Å². The molecule has 0 fully saturated rings. The smallest absolute Gasteiger partial charge is 0.387 e. The highest BCUT2D eigenvalue weighted by Gasteiger charge is 2.27. The van der Waals surface area contributed by atoms with Crippen LogP contribution in [0.5, 0.6) is 0 Å². The average Bonchev–Trinajstić information content (AvgIpc) is 3.31. The number of hydrogen-bond acceptors (Lipinski definition) is 4. The van der Waals surface area contributed by atoms with Crippen LogP contribution < -0.4 is 10.6 Å². The number of nitrogens with one attached hydrogen (secondary N) is 2. The van der Waals surface area contributed by atoms with Crippen molar-refractivity contribution in [2.24, 2.45) is 5.16 Å². The maximum atomic E-state index is 11.4. The molecule has 36 heavy (non-hydrogen) atoms. The monoisotopic (exact) mass is 539 g/mol. The molecule has 0 saturated heterocycles. The highest BCUT2D eigenvalue weighted by molar-refractivity contribution is 6.34. The second kappa shape index (κ2) is 12.1. The van der Waals surface area contributed by atoms with E-state index in [1.807, 2.05) is 17.4 Å².